The quantitative estimate of drug-likeness (QED) is 0.245. The number of hydrogen-bond donors (Lipinski definition) is 3. The molecule has 4 rings (SSSR count). The van der Waals surface area contributed by atoms with Gasteiger partial charge in [-0.15, -0.1) is 0 Å². The highest BCUT2D eigenvalue weighted by atomic mass is 16.5. The summed E-state index contributed by atoms with van der Waals surface area (Å²) in [7, 11) is 0. The van der Waals surface area contributed by atoms with Crippen molar-refractivity contribution in [1.29, 1.82) is 0 Å². The Morgan fingerprint density at radius 3 is 2.42 bits per heavy atom. The van der Waals surface area contributed by atoms with Crippen molar-refractivity contribution in [3.8, 4) is 17.2 Å². The van der Waals surface area contributed by atoms with E-state index in [1.165, 1.54) is 18.3 Å². The molecule has 154 valence electrons. The first-order valence-corrected chi connectivity index (χ1v) is 9.64. The van der Waals surface area contributed by atoms with E-state index in [4.69, 9.17) is 4.74 Å². The van der Waals surface area contributed by atoms with Gasteiger partial charge in [-0.1, -0.05) is 42.5 Å². The van der Waals surface area contributed by atoms with E-state index in [1.807, 2.05) is 48.5 Å². The van der Waals surface area contributed by atoms with Crippen molar-refractivity contribution < 1.29 is 19.7 Å². The van der Waals surface area contributed by atoms with Crippen LogP contribution in [0.5, 0.6) is 17.2 Å². The van der Waals surface area contributed by atoms with Gasteiger partial charge in [0, 0.05) is 5.56 Å². The SMILES string of the molecule is O=C(N/N=C/c1ccc(O)c(O)c1)c1ccc(COc2ccc3ccccc3c2)cc1. The van der Waals surface area contributed by atoms with E-state index in [0.29, 0.717) is 17.7 Å². The van der Waals surface area contributed by atoms with E-state index in [1.54, 1.807) is 18.2 Å². The highest BCUT2D eigenvalue weighted by Crippen LogP contribution is 2.24. The normalized spacial score (nSPS) is 11.0. The minimum absolute atomic E-state index is 0.217. The minimum Gasteiger partial charge on any atom is -0.504 e. The number of nitrogens with zero attached hydrogens (tertiary/aromatic N) is 1. The summed E-state index contributed by atoms with van der Waals surface area (Å²) in [6.07, 6.45) is 1.38. The monoisotopic (exact) mass is 412 g/mol. The van der Waals surface area contributed by atoms with Crippen molar-refractivity contribution in [3.63, 3.8) is 0 Å². The van der Waals surface area contributed by atoms with Crippen molar-refractivity contribution in [2.45, 2.75) is 6.61 Å². The number of nitrogens with one attached hydrogen (secondary N) is 1. The standard InChI is InChI=1S/C25H20N2O4/c28-23-12-7-18(13-24(23)29)15-26-27-25(30)20-8-5-17(6-9-20)16-31-22-11-10-19-3-1-2-4-21(19)14-22/h1-15,28-29H,16H2,(H,27,30)/b26-15+. The predicted molar refractivity (Wildman–Crippen MR) is 120 cm³/mol. The van der Waals surface area contributed by atoms with Crippen LogP contribution >= 0.6 is 0 Å². The number of phenolic OH excluding ortho intramolecular Hbond substituents is 2. The van der Waals surface area contributed by atoms with Crippen LogP contribution in [0.25, 0.3) is 10.8 Å². The number of ether oxygens (including phenoxy) is 1. The molecule has 0 fully saturated rings. The summed E-state index contributed by atoms with van der Waals surface area (Å²) in [5.41, 5.74) is 4.37. The Kier molecular flexibility index (Phi) is 5.80. The zero-order chi connectivity index (χ0) is 21.6. The molecule has 0 atom stereocenters. The van der Waals surface area contributed by atoms with Crippen molar-refractivity contribution >= 4 is 22.9 Å². The molecule has 31 heavy (non-hydrogen) atoms. The second kappa shape index (κ2) is 9.00. The largest absolute Gasteiger partial charge is 0.504 e. The molecule has 0 unspecified atom stereocenters. The molecule has 0 saturated heterocycles. The topological polar surface area (TPSA) is 91.2 Å². The Balaban J connectivity index is 1.33. The van der Waals surface area contributed by atoms with Crippen LogP contribution in [0.3, 0.4) is 0 Å². The Labute approximate surface area is 179 Å². The maximum Gasteiger partial charge on any atom is 0.271 e. The van der Waals surface area contributed by atoms with Gasteiger partial charge in [-0.25, -0.2) is 5.43 Å². The number of carbonyl (C=O) groups excluding carboxylic acids is 1. The van der Waals surface area contributed by atoms with Crippen molar-refractivity contribution in [2.75, 3.05) is 0 Å². The van der Waals surface area contributed by atoms with Crippen LogP contribution in [0.1, 0.15) is 21.5 Å². The van der Waals surface area contributed by atoms with Gasteiger partial charge in [0.1, 0.15) is 12.4 Å². The number of carbonyl (C=O) groups is 1. The zero-order valence-corrected chi connectivity index (χ0v) is 16.5. The van der Waals surface area contributed by atoms with Crippen LogP contribution in [-0.2, 0) is 6.61 Å². The van der Waals surface area contributed by atoms with E-state index in [0.717, 1.165) is 22.1 Å². The third-order valence-electron chi connectivity index (χ3n) is 4.72. The lowest BCUT2D eigenvalue weighted by Gasteiger charge is -2.08. The fraction of sp³-hybridized carbons (Fsp3) is 0.0400. The second-order valence-electron chi connectivity index (χ2n) is 6.94. The van der Waals surface area contributed by atoms with Gasteiger partial charge in [0.05, 0.1) is 6.21 Å². The van der Waals surface area contributed by atoms with Crippen molar-refractivity contribution in [3.05, 3.63) is 102 Å². The lowest BCUT2D eigenvalue weighted by atomic mass is 10.1. The lowest BCUT2D eigenvalue weighted by molar-refractivity contribution is 0.0955. The zero-order valence-electron chi connectivity index (χ0n) is 16.5. The van der Waals surface area contributed by atoms with Crippen molar-refractivity contribution in [1.82, 2.24) is 5.43 Å². The van der Waals surface area contributed by atoms with E-state index in [9.17, 15) is 15.0 Å². The third kappa shape index (κ3) is 5.00. The number of amides is 1. The maximum atomic E-state index is 12.2. The molecule has 0 saturated carbocycles. The van der Waals surface area contributed by atoms with E-state index in [-0.39, 0.29) is 17.4 Å². The number of aromatic hydroxyl groups is 2. The molecule has 6 heteroatoms. The van der Waals surface area contributed by atoms with Gasteiger partial charge < -0.3 is 14.9 Å². The minimum atomic E-state index is -0.360. The average Bonchev–Trinajstić information content (AvgIpc) is 2.80. The number of hydrogen-bond acceptors (Lipinski definition) is 5. The first kappa shape index (κ1) is 20.0. The van der Waals surface area contributed by atoms with Crippen LogP contribution < -0.4 is 10.2 Å². The molecule has 0 aliphatic rings. The van der Waals surface area contributed by atoms with E-state index < -0.39 is 0 Å². The average molecular weight is 412 g/mol. The number of hydrazone groups is 1. The highest BCUT2D eigenvalue weighted by Gasteiger charge is 2.05. The Morgan fingerprint density at radius 2 is 1.65 bits per heavy atom. The van der Waals surface area contributed by atoms with Gasteiger partial charge in [0.15, 0.2) is 11.5 Å². The molecular formula is C25H20N2O4. The first-order chi connectivity index (χ1) is 15.1. The number of fused-ring (bicyclic) bond motifs is 1. The third-order valence-corrected chi connectivity index (χ3v) is 4.72. The summed E-state index contributed by atoms with van der Waals surface area (Å²) in [5, 5.41) is 24.9. The maximum absolute atomic E-state index is 12.2. The van der Waals surface area contributed by atoms with E-state index in [2.05, 4.69) is 16.6 Å². The number of phenols is 2. The molecule has 0 bridgehead atoms. The molecule has 4 aromatic rings. The Hall–Kier alpha value is -4.32. The number of benzene rings is 4. The van der Waals surface area contributed by atoms with Crippen LogP contribution in [0.4, 0.5) is 0 Å². The second-order valence-corrected chi connectivity index (χ2v) is 6.94. The smallest absolute Gasteiger partial charge is 0.271 e. The summed E-state index contributed by atoms with van der Waals surface area (Å²) in [6, 6.07) is 25.4. The molecule has 1 amide bonds. The lowest BCUT2D eigenvalue weighted by Crippen LogP contribution is -2.17. The van der Waals surface area contributed by atoms with Crippen LogP contribution in [0.15, 0.2) is 90.0 Å². The van der Waals surface area contributed by atoms with Crippen molar-refractivity contribution in [2.24, 2.45) is 5.10 Å². The molecular weight excluding hydrogens is 392 g/mol. The Morgan fingerprint density at radius 1 is 0.871 bits per heavy atom. The van der Waals surface area contributed by atoms with E-state index >= 15 is 0 Å². The van der Waals surface area contributed by atoms with Gasteiger partial charge in [0.25, 0.3) is 5.91 Å². The fourth-order valence-electron chi connectivity index (χ4n) is 3.03. The molecule has 0 spiro atoms. The highest BCUT2D eigenvalue weighted by molar-refractivity contribution is 5.95. The molecule has 0 radical (unpaired) electrons. The molecule has 4 aromatic carbocycles. The van der Waals surface area contributed by atoms with Gasteiger partial charge >= 0.3 is 0 Å². The summed E-state index contributed by atoms with van der Waals surface area (Å²) >= 11 is 0. The first-order valence-electron chi connectivity index (χ1n) is 9.64. The molecule has 0 aliphatic carbocycles. The van der Waals surface area contributed by atoms with Gasteiger partial charge in [-0.3, -0.25) is 4.79 Å². The van der Waals surface area contributed by atoms with Gasteiger partial charge in [-0.05, 0) is 64.4 Å². The van der Waals surface area contributed by atoms with Gasteiger partial charge in [-0.2, -0.15) is 5.10 Å². The molecule has 6 nitrogen and oxygen atoms in total. The Bertz CT molecular complexity index is 1250. The molecule has 0 aliphatic heterocycles. The van der Waals surface area contributed by atoms with Gasteiger partial charge in [0.2, 0.25) is 0 Å². The summed E-state index contributed by atoms with van der Waals surface area (Å²) in [4.78, 5) is 12.2. The fourth-order valence-corrected chi connectivity index (χ4v) is 3.03. The van der Waals surface area contributed by atoms with Crippen LogP contribution in [0.2, 0.25) is 0 Å². The summed E-state index contributed by atoms with van der Waals surface area (Å²) < 4.78 is 5.87. The summed E-state index contributed by atoms with van der Waals surface area (Å²) in [5.74, 6) is -0.0426. The summed E-state index contributed by atoms with van der Waals surface area (Å²) in [6.45, 7) is 0.392. The molecule has 3 N–H and O–H groups in total. The van der Waals surface area contributed by atoms with Crippen LogP contribution in [-0.4, -0.2) is 22.3 Å². The molecule has 0 aromatic heterocycles. The molecule has 0 heterocycles. The number of rotatable bonds is 6. The van der Waals surface area contributed by atoms with Crippen LogP contribution in [0, 0.1) is 0 Å². The predicted octanol–water partition coefficient (Wildman–Crippen LogP) is 4.59.